The number of ether oxygens (including phenoxy) is 2. The first-order valence-electron chi connectivity index (χ1n) is 13.1. The molecular formula is C30H34N4O2. The second-order valence-corrected chi connectivity index (χ2v) is 9.70. The molecular weight excluding hydrogens is 448 g/mol. The van der Waals surface area contributed by atoms with Gasteiger partial charge >= 0.3 is 0 Å². The number of fused-ring (bicyclic) bond motifs is 6. The molecule has 0 saturated carbocycles. The monoisotopic (exact) mass is 482 g/mol. The van der Waals surface area contributed by atoms with Crippen molar-refractivity contribution in [1.82, 2.24) is 20.9 Å². The van der Waals surface area contributed by atoms with E-state index in [2.05, 4.69) is 93.7 Å². The lowest BCUT2D eigenvalue weighted by Gasteiger charge is -2.30. The summed E-state index contributed by atoms with van der Waals surface area (Å²) >= 11 is 0. The summed E-state index contributed by atoms with van der Waals surface area (Å²) in [6.45, 7) is 4.87. The second kappa shape index (κ2) is 10.8. The van der Waals surface area contributed by atoms with Crippen LogP contribution in [-0.2, 0) is 13.1 Å². The molecule has 2 N–H and O–H groups in total. The second-order valence-electron chi connectivity index (χ2n) is 9.70. The Hall–Kier alpha value is -3.16. The maximum absolute atomic E-state index is 6.00. The van der Waals surface area contributed by atoms with E-state index in [0.29, 0.717) is 13.5 Å². The van der Waals surface area contributed by atoms with Crippen LogP contribution < -0.4 is 20.3 Å². The lowest BCUT2D eigenvalue weighted by molar-refractivity contribution is 0.0474. The Morgan fingerprint density at radius 1 is 0.556 bits per heavy atom. The first kappa shape index (κ1) is 23.3. The van der Waals surface area contributed by atoms with Gasteiger partial charge in [-0.1, -0.05) is 73.5 Å². The molecule has 0 aliphatic carbocycles. The molecule has 4 aromatic rings. The van der Waals surface area contributed by atoms with Gasteiger partial charge in [-0.3, -0.25) is 10.9 Å². The zero-order valence-corrected chi connectivity index (χ0v) is 20.7. The smallest absolute Gasteiger partial charge is 0.154 e. The van der Waals surface area contributed by atoms with E-state index in [1.54, 1.807) is 0 Å². The fourth-order valence-corrected chi connectivity index (χ4v) is 5.28. The summed E-state index contributed by atoms with van der Waals surface area (Å²) in [5, 5.41) is 9.48. The highest BCUT2D eigenvalue weighted by Crippen LogP contribution is 2.32. The van der Waals surface area contributed by atoms with Gasteiger partial charge < -0.3 is 9.47 Å². The van der Waals surface area contributed by atoms with Gasteiger partial charge in [-0.15, -0.1) is 0 Å². The highest BCUT2D eigenvalue weighted by Gasteiger charge is 2.20. The summed E-state index contributed by atoms with van der Waals surface area (Å²) < 4.78 is 12.0. The molecule has 0 radical (unpaired) electrons. The normalized spacial score (nSPS) is 15.9. The van der Waals surface area contributed by atoms with E-state index >= 15 is 0 Å². The molecule has 186 valence electrons. The van der Waals surface area contributed by atoms with Crippen molar-refractivity contribution in [2.45, 2.75) is 38.8 Å². The van der Waals surface area contributed by atoms with E-state index in [0.717, 1.165) is 50.5 Å². The Morgan fingerprint density at radius 3 is 1.53 bits per heavy atom. The number of unbranched alkanes of at least 4 members (excludes halogenated alkanes) is 3. The van der Waals surface area contributed by atoms with Crippen molar-refractivity contribution in [2.75, 3.05) is 26.6 Å². The molecule has 0 bridgehead atoms. The molecule has 36 heavy (non-hydrogen) atoms. The summed E-state index contributed by atoms with van der Waals surface area (Å²) in [7, 11) is 0. The highest BCUT2D eigenvalue weighted by atomic mass is 16.5. The lowest BCUT2D eigenvalue weighted by Crippen LogP contribution is -2.43. The zero-order valence-electron chi connectivity index (χ0n) is 20.7. The van der Waals surface area contributed by atoms with E-state index in [1.165, 1.54) is 45.5 Å². The largest absolute Gasteiger partial charge is 0.477 e. The SMILES string of the molecule is c1ccc2c3c(ccc2c1)OCN(NCCCCCCNN1COc2ccc4ccccc4c2C1)C3. The molecule has 0 fully saturated rings. The van der Waals surface area contributed by atoms with Crippen LogP contribution in [0.5, 0.6) is 11.5 Å². The quantitative estimate of drug-likeness (QED) is 0.304. The number of benzene rings is 4. The predicted octanol–water partition coefficient (Wildman–Crippen LogP) is 5.57. The lowest BCUT2D eigenvalue weighted by atomic mass is 10.0. The van der Waals surface area contributed by atoms with Crippen LogP contribution in [0.1, 0.15) is 36.8 Å². The number of nitrogens with zero attached hydrogens (tertiary/aromatic N) is 2. The van der Waals surface area contributed by atoms with Crippen LogP contribution in [0.3, 0.4) is 0 Å². The molecule has 0 aromatic heterocycles. The van der Waals surface area contributed by atoms with E-state index in [9.17, 15) is 0 Å². The number of hydrogen-bond donors (Lipinski definition) is 2. The number of hydrogen-bond acceptors (Lipinski definition) is 6. The Balaban J connectivity index is 0.891. The summed E-state index contributed by atoms with van der Waals surface area (Å²) in [6.07, 6.45) is 4.75. The van der Waals surface area contributed by atoms with Crippen LogP contribution in [0.2, 0.25) is 0 Å². The minimum Gasteiger partial charge on any atom is -0.477 e. The molecule has 0 atom stereocenters. The van der Waals surface area contributed by atoms with E-state index in [4.69, 9.17) is 9.47 Å². The minimum atomic E-state index is 0.589. The fourth-order valence-electron chi connectivity index (χ4n) is 5.28. The van der Waals surface area contributed by atoms with Crippen molar-refractivity contribution in [2.24, 2.45) is 0 Å². The summed E-state index contributed by atoms with van der Waals surface area (Å²) in [5.74, 6) is 2.02. The summed E-state index contributed by atoms with van der Waals surface area (Å²) in [4.78, 5) is 0. The number of nitrogens with one attached hydrogen (secondary N) is 2. The van der Waals surface area contributed by atoms with Gasteiger partial charge in [-0.05, 0) is 46.5 Å². The topological polar surface area (TPSA) is 49.0 Å². The Kier molecular flexibility index (Phi) is 7.01. The molecule has 0 saturated heterocycles. The zero-order chi connectivity index (χ0) is 24.2. The van der Waals surface area contributed by atoms with Gasteiger partial charge in [0.15, 0.2) is 13.5 Å². The van der Waals surface area contributed by atoms with Crippen molar-refractivity contribution in [1.29, 1.82) is 0 Å². The van der Waals surface area contributed by atoms with Crippen molar-refractivity contribution in [3.8, 4) is 11.5 Å². The third-order valence-electron chi connectivity index (χ3n) is 7.22. The molecule has 2 heterocycles. The molecule has 2 aliphatic heterocycles. The van der Waals surface area contributed by atoms with Gasteiger partial charge in [0.05, 0.1) is 0 Å². The molecule has 0 amide bonds. The van der Waals surface area contributed by atoms with Crippen LogP contribution in [-0.4, -0.2) is 36.6 Å². The van der Waals surface area contributed by atoms with Crippen LogP contribution in [0.15, 0.2) is 72.8 Å². The van der Waals surface area contributed by atoms with Gasteiger partial charge in [0, 0.05) is 37.3 Å². The Labute approximate surface area is 212 Å². The standard InChI is InChI=1S/C30H34N4O2/c1(7-17-31-33-19-27-25-11-5-3-9-23(25)13-15-29(27)35-21-33)2-8-18-32-34-20-28-26-12-6-4-10-24(26)14-16-30(28)36-22-34/h3-6,9-16,31-32H,1-2,7-8,17-22H2. The van der Waals surface area contributed by atoms with Crippen molar-refractivity contribution in [3.63, 3.8) is 0 Å². The van der Waals surface area contributed by atoms with E-state index < -0.39 is 0 Å². The number of hydrazine groups is 2. The van der Waals surface area contributed by atoms with Crippen LogP contribution in [0.25, 0.3) is 21.5 Å². The highest BCUT2D eigenvalue weighted by molar-refractivity contribution is 5.88. The van der Waals surface area contributed by atoms with Crippen molar-refractivity contribution in [3.05, 3.63) is 83.9 Å². The predicted molar refractivity (Wildman–Crippen MR) is 144 cm³/mol. The molecule has 6 nitrogen and oxygen atoms in total. The molecule has 6 heteroatoms. The Morgan fingerprint density at radius 2 is 1.03 bits per heavy atom. The Bertz CT molecular complexity index is 1240. The van der Waals surface area contributed by atoms with Gasteiger partial charge in [0.1, 0.15) is 11.5 Å². The fraction of sp³-hybridized carbons (Fsp3) is 0.333. The van der Waals surface area contributed by atoms with E-state index in [-0.39, 0.29) is 0 Å². The first-order chi connectivity index (χ1) is 17.8. The van der Waals surface area contributed by atoms with E-state index in [1.807, 2.05) is 0 Å². The van der Waals surface area contributed by atoms with Gasteiger partial charge in [0.2, 0.25) is 0 Å². The third-order valence-corrected chi connectivity index (χ3v) is 7.22. The average molecular weight is 483 g/mol. The van der Waals surface area contributed by atoms with Crippen LogP contribution in [0.4, 0.5) is 0 Å². The van der Waals surface area contributed by atoms with Crippen LogP contribution >= 0.6 is 0 Å². The molecule has 4 aromatic carbocycles. The molecule has 0 unspecified atom stereocenters. The molecule has 0 spiro atoms. The maximum atomic E-state index is 6.00. The number of rotatable bonds is 9. The van der Waals surface area contributed by atoms with Crippen LogP contribution in [0, 0.1) is 0 Å². The molecule has 6 rings (SSSR count). The minimum absolute atomic E-state index is 0.589. The average Bonchev–Trinajstić information content (AvgIpc) is 2.94. The summed E-state index contributed by atoms with van der Waals surface area (Å²) in [6, 6.07) is 25.6. The maximum Gasteiger partial charge on any atom is 0.154 e. The van der Waals surface area contributed by atoms with Gasteiger partial charge in [0.25, 0.3) is 0 Å². The summed E-state index contributed by atoms with van der Waals surface area (Å²) in [5.41, 5.74) is 9.67. The van der Waals surface area contributed by atoms with Gasteiger partial charge in [-0.2, -0.15) is 0 Å². The molecule has 2 aliphatic rings. The van der Waals surface area contributed by atoms with Crippen molar-refractivity contribution < 1.29 is 9.47 Å². The van der Waals surface area contributed by atoms with Gasteiger partial charge in [-0.25, -0.2) is 10.0 Å². The third kappa shape index (κ3) is 5.04. The first-order valence-corrected chi connectivity index (χ1v) is 13.1. The van der Waals surface area contributed by atoms with Crippen molar-refractivity contribution >= 4 is 21.5 Å².